The Kier molecular flexibility index (Phi) is 4.45. The van der Waals surface area contributed by atoms with E-state index in [1.54, 1.807) is 0 Å². The van der Waals surface area contributed by atoms with Gasteiger partial charge in [0.2, 0.25) is 0 Å². The topological polar surface area (TPSA) is 21.3 Å². The largest absolute Gasteiger partial charge is 0.381 e. The molecule has 1 heterocycles. The van der Waals surface area contributed by atoms with Crippen molar-refractivity contribution >= 4 is 0 Å². The molecule has 15 heavy (non-hydrogen) atoms. The minimum Gasteiger partial charge on any atom is -0.381 e. The summed E-state index contributed by atoms with van der Waals surface area (Å²) in [4.78, 5) is 0. The minimum absolute atomic E-state index is 0.781. The molecule has 0 bridgehead atoms. The van der Waals surface area contributed by atoms with Crippen LogP contribution in [0, 0.1) is 11.8 Å². The maximum Gasteiger partial charge on any atom is 0.0497 e. The maximum atomic E-state index is 5.53. The average molecular weight is 211 g/mol. The predicted octanol–water partition coefficient (Wildman–Crippen LogP) is 2.58. The highest BCUT2D eigenvalue weighted by Crippen LogP contribution is 2.33. The van der Waals surface area contributed by atoms with E-state index in [2.05, 4.69) is 12.2 Å². The van der Waals surface area contributed by atoms with Crippen LogP contribution in [0.4, 0.5) is 0 Å². The SMILES string of the molecule is CCNC1CCCCC(C2CCOC2)C1. The highest BCUT2D eigenvalue weighted by molar-refractivity contribution is 4.81. The zero-order valence-electron chi connectivity index (χ0n) is 10.0. The van der Waals surface area contributed by atoms with Crippen LogP contribution < -0.4 is 5.32 Å². The highest BCUT2D eigenvalue weighted by Gasteiger charge is 2.29. The van der Waals surface area contributed by atoms with Gasteiger partial charge in [-0.25, -0.2) is 0 Å². The van der Waals surface area contributed by atoms with Crippen molar-refractivity contribution in [2.75, 3.05) is 19.8 Å². The van der Waals surface area contributed by atoms with Gasteiger partial charge in [-0.1, -0.05) is 26.2 Å². The van der Waals surface area contributed by atoms with E-state index in [0.29, 0.717) is 0 Å². The van der Waals surface area contributed by atoms with E-state index in [1.807, 2.05) is 0 Å². The average Bonchev–Trinajstić information content (AvgIpc) is 2.67. The van der Waals surface area contributed by atoms with Crippen LogP contribution in [0.3, 0.4) is 0 Å². The van der Waals surface area contributed by atoms with Gasteiger partial charge in [0.25, 0.3) is 0 Å². The molecule has 0 spiro atoms. The fourth-order valence-electron chi connectivity index (χ4n) is 3.23. The molecular formula is C13H25NO. The molecule has 3 atom stereocenters. The molecule has 0 aromatic carbocycles. The van der Waals surface area contributed by atoms with Crippen molar-refractivity contribution in [2.24, 2.45) is 11.8 Å². The summed E-state index contributed by atoms with van der Waals surface area (Å²) in [5.74, 6) is 1.79. The van der Waals surface area contributed by atoms with Crippen molar-refractivity contribution in [1.82, 2.24) is 5.32 Å². The third-order valence-electron chi connectivity index (χ3n) is 4.09. The third kappa shape index (κ3) is 3.18. The molecule has 0 radical (unpaired) electrons. The summed E-state index contributed by atoms with van der Waals surface area (Å²) >= 11 is 0. The summed E-state index contributed by atoms with van der Waals surface area (Å²) in [6, 6.07) is 0.781. The highest BCUT2D eigenvalue weighted by atomic mass is 16.5. The summed E-state index contributed by atoms with van der Waals surface area (Å²) < 4.78 is 5.53. The standard InChI is InChI=1S/C13H25NO/c1-2-14-13-6-4-3-5-11(9-13)12-7-8-15-10-12/h11-14H,2-10H2,1H3. The monoisotopic (exact) mass is 211 g/mol. The van der Waals surface area contributed by atoms with E-state index >= 15 is 0 Å². The Labute approximate surface area is 93.8 Å². The lowest BCUT2D eigenvalue weighted by atomic mass is 9.84. The van der Waals surface area contributed by atoms with E-state index in [1.165, 1.54) is 38.5 Å². The van der Waals surface area contributed by atoms with Gasteiger partial charge in [0.05, 0.1) is 0 Å². The zero-order chi connectivity index (χ0) is 10.5. The summed E-state index contributed by atoms with van der Waals surface area (Å²) in [5, 5.41) is 3.64. The number of rotatable bonds is 3. The molecule has 0 amide bonds. The molecule has 0 aromatic rings. The second-order valence-electron chi connectivity index (χ2n) is 5.16. The molecule has 2 rings (SSSR count). The molecule has 2 fully saturated rings. The van der Waals surface area contributed by atoms with E-state index in [-0.39, 0.29) is 0 Å². The Bertz CT molecular complexity index is 177. The molecule has 1 saturated carbocycles. The first-order valence-electron chi connectivity index (χ1n) is 6.71. The van der Waals surface area contributed by atoms with Crippen LogP contribution in [0.1, 0.15) is 45.4 Å². The van der Waals surface area contributed by atoms with Gasteiger partial charge in [0, 0.05) is 19.3 Å². The van der Waals surface area contributed by atoms with Gasteiger partial charge in [0.15, 0.2) is 0 Å². The first-order valence-corrected chi connectivity index (χ1v) is 6.71. The smallest absolute Gasteiger partial charge is 0.0497 e. The second kappa shape index (κ2) is 5.86. The molecule has 3 unspecified atom stereocenters. The second-order valence-corrected chi connectivity index (χ2v) is 5.16. The van der Waals surface area contributed by atoms with Crippen LogP contribution in [0.25, 0.3) is 0 Å². The minimum atomic E-state index is 0.781. The lowest BCUT2D eigenvalue weighted by molar-refractivity contribution is 0.165. The van der Waals surface area contributed by atoms with Crippen molar-refractivity contribution in [2.45, 2.75) is 51.5 Å². The number of hydrogen-bond acceptors (Lipinski definition) is 2. The third-order valence-corrected chi connectivity index (χ3v) is 4.09. The van der Waals surface area contributed by atoms with E-state index < -0.39 is 0 Å². The predicted molar refractivity (Wildman–Crippen MR) is 63.0 cm³/mol. The van der Waals surface area contributed by atoms with Crippen molar-refractivity contribution in [3.63, 3.8) is 0 Å². The Morgan fingerprint density at radius 1 is 1.13 bits per heavy atom. The van der Waals surface area contributed by atoms with Crippen LogP contribution in [0.15, 0.2) is 0 Å². The Hall–Kier alpha value is -0.0800. The van der Waals surface area contributed by atoms with Gasteiger partial charge >= 0.3 is 0 Å². The Balaban J connectivity index is 1.86. The number of ether oxygens (including phenoxy) is 1. The molecule has 2 nitrogen and oxygen atoms in total. The van der Waals surface area contributed by atoms with Crippen LogP contribution in [0.5, 0.6) is 0 Å². The first-order chi connectivity index (χ1) is 7.40. The van der Waals surface area contributed by atoms with Gasteiger partial charge in [-0.3, -0.25) is 0 Å². The van der Waals surface area contributed by atoms with Crippen molar-refractivity contribution in [3.05, 3.63) is 0 Å². The fourth-order valence-corrected chi connectivity index (χ4v) is 3.23. The summed E-state index contributed by atoms with van der Waals surface area (Å²) in [6.45, 7) is 5.38. The van der Waals surface area contributed by atoms with Crippen LogP contribution >= 0.6 is 0 Å². The van der Waals surface area contributed by atoms with Gasteiger partial charge in [-0.2, -0.15) is 0 Å². The van der Waals surface area contributed by atoms with E-state index in [0.717, 1.165) is 37.6 Å². The van der Waals surface area contributed by atoms with Crippen LogP contribution in [-0.2, 0) is 4.74 Å². The van der Waals surface area contributed by atoms with Gasteiger partial charge < -0.3 is 10.1 Å². The van der Waals surface area contributed by atoms with Crippen molar-refractivity contribution < 1.29 is 4.74 Å². The van der Waals surface area contributed by atoms with Crippen molar-refractivity contribution in [3.8, 4) is 0 Å². The number of nitrogens with one attached hydrogen (secondary N) is 1. The fraction of sp³-hybridized carbons (Fsp3) is 1.00. The molecule has 0 aromatic heterocycles. The molecule has 1 saturated heterocycles. The molecule has 2 aliphatic rings. The maximum absolute atomic E-state index is 5.53. The summed E-state index contributed by atoms with van der Waals surface area (Å²) in [6.07, 6.45) is 8.38. The van der Waals surface area contributed by atoms with Gasteiger partial charge in [-0.05, 0) is 37.6 Å². The Morgan fingerprint density at radius 3 is 2.73 bits per heavy atom. The first kappa shape index (κ1) is 11.4. The summed E-state index contributed by atoms with van der Waals surface area (Å²) in [7, 11) is 0. The molecule has 2 heteroatoms. The molecule has 1 aliphatic carbocycles. The van der Waals surface area contributed by atoms with Crippen LogP contribution in [-0.4, -0.2) is 25.8 Å². The molecule has 88 valence electrons. The quantitative estimate of drug-likeness (QED) is 0.724. The van der Waals surface area contributed by atoms with Crippen molar-refractivity contribution in [1.29, 1.82) is 0 Å². The normalized spacial score (nSPS) is 37.8. The van der Waals surface area contributed by atoms with E-state index in [9.17, 15) is 0 Å². The molecule has 1 aliphatic heterocycles. The van der Waals surface area contributed by atoms with Gasteiger partial charge in [-0.15, -0.1) is 0 Å². The van der Waals surface area contributed by atoms with Gasteiger partial charge in [0.1, 0.15) is 0 Å². The zero-order valence-corrected chi connectivity index (χ0v) is 10.0. The molecular weight excluding hydrogens is 186 g/mol. The van der Waals surface area contributed by atoms with Crippen LogP contribution in [0.2, 0.25) is 0 Å². The number of hydrogen-bond donors (Lipinski definition) is 1. The summed E-state index contributed by atoms with van der Waals surface area (Å²) in [5.41, 5.74) is 0. The van der Waals surface area contributed by atoms with E-state index in [4.69, 9.17) is 4.74 Å². The Morgan fingerprint density at radius 2 is 2.00 bits per heavy atom. The lowest BCUT2D eigenvalue weighted by Gasteiger charge is -2.24. The molecule has 1 N–H and O–H groups in total. The lowest BCUT2D eigenvalue weighted by Crippen LogP contribution is -2.31.